The van der Waals surface area contributed by atoms with Gasteiger partial charge in [-0.25, -0.2) is 0 Å². The van der Waals surface area contributed by atoms with Gasteiger partial charge in [0.25, 0.3) is 5.22 Å². The Morgan fingerprint density at radius 2 is 1.96 bits per heavy atom. The monoisotopic (exact) mass is 363 g/mol. The summed E-state index contributed by atoms with van der Waals surface area (Å²) in [5.41, 5.74) is 2.20. The summed E-state index contributed by atoms with van der Waals surface area (Å²) in [6.45, 7) is 9.27. The molecular weight excluding hydrogens is 338 g/mol. The third kappa shape index (κ3) is 5.57. The van der Waals surface area contributed by atoms with E-state index < -0.39 is 0 Å². The van der Waals surface area contributed by atoms with Crippen LogP contribution in [0.2, 0.25) is 0 Å². The zero-order valence-corrected chi connectivity index (χ0v) is 16.1. The summed E-state index contributed by atoms with van der Waals surface area (Å²) < 4.78 is 10.6. The Morgan fingerprint density at radius 1 is 1.28 bits per heavy atom. The van der Waals surface area contributed by atoms with Crippen molar-refractivity contribution < 1.29 is 13.9 Å². The SMILES string of the molecule is COCCNC(=O)[C@@H](C)Sc1nnc(-c2ccc(C(C)(C)C)cc2)o1. The molecule has 1 aromatic heterocycles. The Morgan fingerprint density at radius 3 is 2.56 bits per heavy atom. The lowest BCUT2D eigenvalue weighted by molar-refractivity contribution is -0.120. The first kappa shape index (κ1) is 19.5. The van der Waals surface area contributed by atoms with Gasteiger partial charge in [-0.1, -0.05) is 44.7 Å². The van der Waals surface area contributed by atoms with Crippen LogP contribution in [-0.4, -0.2) is 41.6 Å². The summed E-state index contributed by atoms with van der Waals surface area (Å²) in [7, 11) is 1.60. The van der Waals surface area contributed by atoms with Gasteiger partial charge in [0.1, 0.15) is 0 Å². The second-order valence-electron chi connectivity index (χ2n) is 6.74. The molecule has 0 saturated heterocycles. The summed E-state index contributed by atoms with van der Waals surface area (Å²) in [6, 6.07) is 8.09. The van der Waals surface area contributed by atoms with Crippen LogP contribution in [0.25, 0.3) is 11.5 Å². The van der Waals surface area contributed by atoms with E-state index in [4.69, 9.17) is 9.15 Å². The fourth-order valence-corrected chi connectivity index (χ4v) is 2.82. The maximum absolute atomic E-state index is 12.0. The summed E-state index contributed by atoms with van der Waals surface area (Å²) in [4.78, 5) is 12.0. The van der Waals surface area contributed by atoms with E-state index in [0.717, 1.165) is 5.56 Å². The number of hydrogen-bond donors (Lipinski definition) is 1. The van der Waals surface area contributed by atoms with Crippen molar-refractivity contribution in [3.63, 3.8) is 0 Å². The maximum Gasteiger partial charge on any atom is 0.277 e. The number of rotatable bonds is 7. The van der Waals surface area contributed by atoms with Crippen LogP contribution in [0, 0.1) is 0 Å². The second kappa shape index (κ2) is 8.49. The van der Waals surface area contributed by atoms with Crippen molar-refractivity contribution in [2.75, 3.05) is 20.3 Å². The number of amides is 1. The smallest absolute Gasteiger partial charge is 0.277 e. The van der Waals surface area contributed by atoms with Crippen LogP contribution in [0.3, 0.4) is 0 Å². The summed E-state index contributed by atoms with van der Waals surface area (Å²) in [5, 5.41) is 10.9. The molecule has 0 aliphatic rings. The number of thioether (sulfide) groups is 1. The molecule has 7 heteroatoms. The zero-order valence-electron chi connectivity index (χ0n) is 15.3. The van der Waals surface area contributed by atoms with Gasteiger partial charge in [0.05, 0.1) is 11.9 Å². The zero-order chi connectivity index (χ0) is 18.4. The van der Waals surface area contributed by atoms with E-state index >= 15 is 0 Å². The molecule has 2 rings (SSSR count). The number of carbonyl (C=O) groups excluding carboxylic acids is 1. The molecule has 1 atom stereocenters. The first-order valence-corrected chi connectivity index (χ1v) is 9.07. The lowest BCUT2D eigenvalue weighted by atomic mass is 9.87. The Kier molecular flexibility index (Phi) is 6.61. The van der Waals surface area contributed by atoms with Gasteiger partial charge in [0.15, 0.2) is 0 Å². The topological polar surface area (TPSA) is 77.2 Å². The van der Waals surface area contributed by atoms with Crippen molar-refractivity contribution in [3.8, 4) is 11.5 Å². The van der Waals surface area contributed by atoms with Gasteiger partial charge < -0.3 is 14.5 Å². The molecule has 6 nitrogen and oxygen atoms in total. The Hall–Kier alpha value is -1.86. The highest BCUT2D eigenvalue weighted by atomic mass is 32.2. The number of benzene rings is 1. The maximum atomic E-state index is 12.0. The Bertz CT molecular complexity index is 692. The molecule has 1 N–H and O–H groups in total. The molecule has 0 saturated carbocycles. The molecule has 0 fully saturated rings. The molecule has 1 heterocycles. The Labute approximate surface area is 152 Å². The molecule has 2 aromatic rings. The summed E-state index contributed by atoms with van der Waals surface area (Å²) in [5.74, 6) is 0.367. The number of nitrogens with zero attached hydrogens (tertiary/aromatic N) is 2. The molecule has 0 spiro atoms. The van der Waals surface area contributed by atoms with Crippen molar-refractivity contribution in [1.29, 1.82) is 0 Å². The fourth-order valence-electron chi connectivity index (χ4n) is 2.11. The Balaban J connectivity index is 1.99. The van der Waals surface area contributed by atoms with Crippen LogP contribution < -0.4 is 5.32 Å². The van der Waals surface area contributed by atoms with Crippen LogP contribution >= 0.6 is 11.8 Å². The van der Waals surface area contributed by atoms with Crippen molar-refractivity contribution in [3.05, 3.63) is 29.8 Å². The molecular formula is C18H25N3O3S. The predicted octanol–water partition coefficient (Wildman–Crippen LogP) is 3.28. The van der Waals surface area contributed by atoms with Gasteiger partial charge in [-0.2, -0.15) is 0 Å². The number of ether oxygens (including phenoxy) is 1. The number of hydrogen-bond acceptors (Lipinski definition) is 6. The third-order valence-corrected chi connectivity index (χ3v) is 4.59. The predicted molar refractivity (Wildman–Crippen MR) is 98.6 cm³/mol. The van der Waals surface area contributed by atoms with Gasteiger partial charge in [-0.05, 0) is 30.0 Å². The average molecular weight is 363 g/mol. The molecule has 1 aromatic carbocycles. The molecule has 136 valence electrons. The van der Waals surface area contributed by atoms with Crippen LogP contribution in [0.4, 0.5) is 0 Å². The third-order valence-electron chi connectivity index (χ3n) is 3.66. The van der Waals surface area contributed by atoms with Crippen LogP contribution in [0.15, 0.2) is 33.9 Å². The van der Waals surface area contributed by atoms with Crippen molar-refractivity contribution in [2.24, 2.45) is 0 Å². The van der Waals surface area contributed by atoms with E-state index in [1.165, 1.54) is 17.3 Å². The number of carbonyl (C=O) groups is 1. The van der Waals surface area contributed by atoms with Gasteiger partial charge >= 0.3 is 0 Å². The van der Waals surface area contributed by atoms with Crippen LogP contribution in [0.5, 0.6) is 0 Å². The minimum atomic E-state index is -0.326. The largest absolute Gasteiger partial charge is 0.411 e. The minimum absolute atomic E-state index is 0.0867. The number of nitrogens with one attached hydrogen (secondary N) is 1. The first-order valence-electron chi connectivity index (χ1n) is 8.19. The fraction of sp³-hybridized carbons (Fsp3) is 0.500. The van der Waals surface area contributed by atoms with Crippen LogP contribution in [-0.2, 0) is 14.9 Å². The quantitative estimate of drug-likeness (QED) is 0.601. The number of methoxy groups -OCH3 is 1. The highest BCUT2D eigenvalue weighted by Crippen LogP contribution is 2.28. The average Bonchev–Trinajstić information content (AvgIpc) is 3.02. The van der Waals surface area contributed by atoms with E-state index in [-0.39, 0.29) is 16.6 Å². The van der Waals surface area contributed by atoms with Crippen molar-refractivity contribution >= 4 is 17.7 Å². The van der Waals surface area contributed by atoms with Crippen LogP contribution in [0.1, 0.15) is 33.3 Å². The molecule has 25 heavy (non-hydrogen) atoms. The van der Waals surface area contributed by atoms with Crippen molar-refractivity contribution in [2.45, 2.75) is 43.6 Å². The van der Waals surface area contributed by atoms with Gasteiger partial charge in [-0.15, -0.1) is 10.2 Å². The summed E-state index contributed by atoms with van der Waals surface area (Å²) >= 11 is 1.24. The van der Waals surface area contributed by atoms with E-state index in [2.05, 4.69) is 48.4 Å². The molecule has 0 aliphatic carbocycles. The van der Waals surface area contributed by atoms with E-state index in [1.807, 2.05) is 12.1 Å². The molecule has 0 bridgehead atoms. The van der Waals surface area contributed by atoms with Gasteiger partial charge in [-0.3, -0.25) is 4.79 Å². The molecule has 0 radical (unpaired) electrons. The first-order chi connectivity index (χ1) is 11.8. The summed E-state index contributed by atoms with van der Waals surface area (Å²) in [6.07, 6.45) is 0. The van der Waals surface area contributed by atoms with Crippen molar-refractivity contribution in [1.82, 2.24) is 15.5 Å². The van der Waals surface area contributed by atoms with E-state index in [0.29, 0.717) is 24.3 Å². The van der Waals surface area contributed by atoms with E-state index in [1.54, 1.807) is 14.0 Å². The molecule has 0 unspecified atom stereocenters. The standard InChI is InChI=1S/C18H25N3O3S/c1-12(15(22)19-10-11-23-5)25-17-21-20-16(24-17)13-6-8-14(9-7-13)18(2,3)4/h6-9,12H,10-11H2,1-5H3,(H,19,22)/t12-/m1/s1. The minimum Gasteiger partial charge on any atom is -0.411 e. The molecule has 0 aliphatic heterocycles. The number of aromatic nitrogens is 2. The van der Waals surface area contributed by atoms with E-state index in [9.17, 15) is 4.79 Å². The van der Waals surface area contributed by atoms with Gasteiger partial charge in [0, 0.05) is 19.2 Å². The second-order valence-corrected chi connectivity index (χ2v) is 8.04. The lowest BCUT2D eigenvalue weighted by Crippen LogP contribution is -2.33. The van der Waals surface area contributed by atoms with Gasteiger partial charge in [0.2, 0.25) is 11.8 Å². The molecule has 1 amide bonds. The highest BCUT2D eigenvalue weighted by Gasteiger charge is 2.19. The normalized spacial score (nSPS) is 12.8. The lowest BCUT2D eigenvalue weighted by Gasteiger charge is -2.18. The highest BCUT2D eigenvalue weighted by molar-refractivity contribution is 8.00.